The van der Waals surface area contributed by atoms with Crippen LogP contribution in [0.2, 0.25) is 0 Å². The van der Waals surface area contributed by atoms with Crippen LogP contribution in [0.4, 0.5) is 5.82 Å². The summed E-state index contributed by atoms with van der Waals surface area (Å²) in [5.74, 6) is 1.79. The highest BCUT2D eigenvalue weighted by molar-refractivity contribution is 7.15. The molecule has 0 aliphatic heterocycles. The summed E-state index contributed by atoms with van der Waals surface area (Å²) in [7, 11) is 0. The average molecular weight is 437 g/mol. The lowest BCUT2D eigenvalue weighted by atomic mass is 9.91. The van der Waals surface area contributed by atoms with Crippen molar-refractivity contribution in [3.05, 3.63) is 107 Å². The van der Waals surface area contributed by atoms with E-state index >= 15 is 0 Å². The largest absolute Gasteiger partial charge is 0.368 e. The van der Waals surface area contributed by atoms with E-state index in [2.05, 4.69) is 77.0 Å². The molecule has 1 N–H and O–H groups in total. The third-order valence-electron chi connectivity index (χ3n) is 5.59. The molecule has 0 spiro atoms. The molecular weight excluding hydrogens is 412 g/mol. The molecule has 158 valence electrons. The Labute approximate surface area is 192 Å². The van der Waals surface area contributed by atoms with Gasteiger partial charge in [0.1, 0.15) is 5.82 Å². The highest BCUT2D eigenvalue weighted by atomic mass is 32.1. The first kappa shape index (κ1) is 20.3. The minimum atomic E-state index is 0.210. The Kier molecular flexibility index (Phi) is 5.65. The van der Waals surface area contributed by atoms with Gasteiger partial charge in [-0.25, -0.2) is 15.0 Å². The molecule has 32 heavy (non-hydrogen) atoms. The van der Waals surface area contributed by atoms with Crippen molar-refractivity contribution >= 4 is 28.1 Å². The zero-order valence-electron chi connectivity index (χ0n) is 18.1. The molecule has 0 unspecified atom stereocenters. The second-order valence-electron chi connectivity index (χ2n) is 7.82. The SMILES string of the molecule is Cc1nc(C)c(-c2nc(NCC(c3ccccc3)c3ccccc3)c3ccccc3n2)s1. The summed E-state index contributed by atoms with van der Waals surface area (Å²) in [5, 5.41) is 5.70. The van der Waals surface area contributed by atoms with E-state index in [-0.39, 0.29) is 5.92 Å². The lowest BCUT2D eigenvalue weighted by Gasteiger charge is -2.20. The molecule has 0 saturated carbocycles. The minimum absolute atomic E-state index is 0.210. The first-order valence-electron chi connectivity index (χ1n) is 10.7. The number of hydrogen-bond donors (Lipinski definition) is 1. The third-order valence-corrected chi connectivity index (χ3v) is 6.66. The number of benzene rings is 3. The van der Waals surface area contributed by atoms with Gasteiger partial charge in [-0.3, -0.25) is 0 Å². The summed E-state index contributed by atoms with van der Waals surface area (Å²) < 4.78 is 0. The van der Waals surface area contributed by atoms with Gasteiger partial charge in [0.25, 0.3) is 0 Å². The number of para-hydroxylation sites is 1. The molecule has 5 aromatic rings. The van der Waals surface area contributed by atoms with Gasteiger partial charge in [0, 0.05) is 17.8 Å². The van der Waals surface area contributed by atoms with Crippen molar-refractivity contribution in [2.75, 3.05) is 11.9 Å². The normalized spacial score (nSPS) is 11.2. The van der Waals surface area contributed by atoms with Crippen LogP contribution in [-0.2, 0) is 0 Å². The molecule has 0 fully saturated rings. The van der Waals surface area contributed by atoms with Crippen molar-refractivity contribution in [1.82, 2.24) is 15.0 Å². The molecule has 0 atom stereocenters. The van der Waals surface area contributed by atoms with Crippen molar-refractivity contribution < 1.29 is 0 Å². The smallest absolute Gasteiger partial charge is 0.174 e. The van der Waals surface area contributed by atoms with Crippen molar-refractivity contribution in [2.24, 2.45) is 0 Å². The maximum Gasteiger partial charge on any atom is 0.174 e. The predicted octanol–water partition coefficient (Wildman–Crippen LogP) is 6.61. The molecule has 2 aromatic heterocycles. The van der Waals surface area contributed by atoms with E-state index in [1.165, 1.54) is 11.1 Å². The molecule has 0 amide bonds. The van der Waals surface area contributed by atoms with Gasteiger partial charge >= 0.3 is 0 Å². The first-order valence-corrected chi connectivity index (χ1v) is 11.6. The maximum atomic E-state index is 4.95. The summed E-state index contributed by atoms with van der Waals surface area (Å²) in [4.78, 5) is 15.4. The Morgan fingerprint density at radius 3 is 2.00 bits per heavy atom. The molecule has 5 rings (SSSR count). The van der Waals surface area contributed by atoms with Gasteiger partial charge in [0.05, 0.1) is 21.1 Å². The van der Waals surface area contributed by atoms with E-state index in [9.17, 15) is 0 Å². The zero-order chi connectivity index (χ0) is 21.9. The fourth-order valence-electron chi connectivity index (χ4n) is 4.05. The van der Waals surface area contributed by atoms with Crippen molar-refractivity contribution in [3.63, 3.8) is 0 Å². The van der Waals surface area contributed by atoms with E-state index in [4.69, 9.17) is 9.97 Å². The van der Waals surface area contributed by atoms with Crippen molar-refractivity contribution in [2.45, 2.75) is 19.8 Å². The Balaban J connectivity index is 1.54. The minimum Gasteiger partial charge on any atom is -0.368 e. The van der Waals surface area contributed by atoms with Gasteiger partial charge < -0.3 is 5.32 Å². The molecule has 0 bridgehead atoms. The first-order chi connectivity index (χ1) is 15.7. The monoisotopic (exact) mass is 436 g/mol. The van der Waals surface area contributed by atoms with Gasteiger partial charge in [-0.1, -0.05) is 72.8 Å². The van der Waals surface area contributed by atoms with E-state index in [1.54, 1.807) is 11.3 Å². The van der Waals surface area contributed by atoms with Crippen LogP contribution >= 0.6 is 11.3 Å². The molecule has 0 radical (unpaired) electrons. The third kappa shape index (κ3) is 4.12. The summed E-state index contributed by atoms with van der Waals surface area (Å²) >= 11 is 1.64. The molecule has 2 heterocycles. The highest BCUT2D eigenvalue weighted by Gasteiger charge is 2.17. The topological polar surface area (TPSA) is 50.7 Å². The van der Waals surface area contributed by atoms with E-state index in [0.29, 0.717) is 0 Å². The number of hydrogen-bond acceptors (Lipinski definition) is 5. The van der Waals surface area contributed by atoms with Gasteiger partial charge in [0.15, 0.2) is 5.82 Å². The Morgan fingerprint density at radius 2 is 1.38 bits per heavy atom. The van der Waals surface area contributed by atoms with E-state index in [1.807, 2.05) is 32.0 Å². The molecule has 4 nitrogen and oxygen atoms in total. The quantitative estimate of drug-likeness (QED) is 0.325. The summed E-state index contributed by atoms with van der Waals surface area (Å²) in [6.45, 7) is 4.77. The van der Waals surface area contributed by atoms with Crippen LogP contribution in [0.5, 0.6) is 0 Å². The summed E-state index contributed by atoms with van der Waals surface area (Å²) in [5.41, 5.74) is 4.46. The van der Waals surface area contributed by atoms with Crippen LogP contribution in [0.3, 0.4) is 0 Å². The maximum absolute atomic E-state index is 4.95. The second-order valence-corrected chi connectivity index (χ2v) is 9.02. The lowest BCUT2D eigenvalue weighted by Crippen LogP contribution is -2.15. The van der Waals surface area contributed by atoms with Crippen LogP contribution in [0.15, 0.2) is 84.9 Å². The van der Waals surface area contributed by atoms with Gasteiger partial charge in [-0.2, -0.15) is 0 Å². The molecule has 3 aromatic carbocycles. The summed E-state index contributed by atoms with van der Waals surface area (Å²) in [6, 6.07) is 29.4. The molecule has 0 saturated heterocycles. The number of fused-ring (bicyclic) bond motifs is 1. The van der Waals surface area contributed by atoms with Gasteiger partial charge in [-0.15, -0.1) is 11.3 Å². The number of nitrogens with one attached hydrogen (secondary N) is 1. The summed E-state index contributed by atoms with van der Waals surface area (Å²) in [6.07, 6.45) is 0. The van der Waals surface area contributed by atoms with Crippen LogP contribution in [-0.4, -0.2) is 21.5 Å². The Bertz CT molecular complexity index is 1310. The second kappa shape index (κ2) is 8.89. The average Bonchev–Trinajstić information content (AvgIpc) is 3.18. The van der Waals surface area contributed by atoms with Crippen molar-refractivity contribution in [1.29, 1.82) is 0 Å². The van der Waals surface area contributed by atoms with Crippen LogP contribution in [0.1, 0.15) is 27.7 Å². The zero-order valence-corrected chi connectivity index (χ0v) is 18.9. The number of thiazole rings is 1. The van der Waals surface area contributed by atoms with Crippen molar-refractivity contribution in [3.8, 4) is 10.7 Å². The molecule has 0 aliphatic rings. The van der Waals surface area contributed by atoms with E-state index < -0.39 is 0 Å². The van der Waals surface area contributed by atoms with Crippen LogP contribution in [0.25, 0.3) is 21.6 Å². The Hall–Kier alpha value is -3.57. The van der Waals surface area contributed by atoms with Crippen LogP contribution < -0.4 is 5.32 Å². The van der Waals surface area contributed by atoms with E-state index in [0.717, 1.165) is 44.7 Å². The number of rotatable bonds is 6. The van der Waals surface area contributed by atoms with Gasteiger partial charge in [0.2, 0.25) is 0 Å². The molecular formula is C27H24N4S. The highest BCUT2D eigenvalue weighted by Crippen LogP contribution is 2.32. The van der Waals surface area contributed by atoms with Crippen LogP contribution in [0, 0.1) is 13.8 Å². The fourth-order valence-corrected chi connectivity index (χ4v) is 4.90. The molecule has 5 heteroatoms. The predicted molar refractivity (Wildman–Crippen MR) is 133 cm³/mol. The molecule has 0 aliphatic carbocycles. The van der Waals surface area contributed by atoms with Gasteiger partial charge in [-0.05, 0) is 37.1 Å². The number of anilines is 1. The Morgan fingerprint density at radius 1 is 0.750 bits per heavy atom. The fraction of sp³-hybridized carbons (Fsp3) is 0.148. The number of nitrogens with zero attached hydrogens (tertiary/aromatic N) is 3. The number of aromatic nitrogens is 3. The standard InChI is InChI=1S/C27H24N4S/c1-18-25(32-19(2)29-18)27-30-24-16-10-9-15-22(24)26(31-27)28-17-23(20-11-5-3-6-12-20)21-13-7-4-8-14-21/h3-16,23H,17H2,1-2H3,(H,28,30,31). The number of aryl methyl sites for hydroxylation is 2. The lowest BCUT2D eigenvalue weighted by molar-refractivity contribution is 0.849.